The number of halogens is 1. The average molecular weight is 463 g/mol. The molecule has 2 heterocycles. The maximum absolute atomic E-state index is 6.21. The van der Waals surface area contributed by atoms with Crippen molar-refractivity contribution < 1.29 is 8.83 Å². The van der Waals surface area contributed by atoms with Crippen LogP contribution >= 0.6 is 15.9 Å². The molecule has 7 rings (SSSR count). The number of para-hydroxylation sites is 1. The lowest BCUT2D eigenvalue weighted by Crippen LogP contribution is -1.80. The van der Waals surface area contributed by atoms with E-state index in [1.54, 1.807) is 0 Å². The maximum Gasteiger partial charge on any atom is 0.136 e. The molecule has 5 aromatic carbocycles. The molecule has 0 saturated heterocycles. The highest BCUT2D eigenvalue weighted by Gasteiger charge is 2.16. The van der Waals surface area contributed by atoms with Crippen LogP contribution in [0, 0.1) is 0 Å². The summed E-state index contributed by atoms with van der Waals surface area (Å²) in [7, 11) is 0. The van der Waals surface area contributed by atoms with Gasteiger partial charge in [-0.25, -0.2) is 0 Å². The van der Waals surface area contributed by atoms with E-state index < -0.39 is 0 Å². The van der Waals surface area contributed by atoms with Gasteiger partial charge in [0, 0.05) is 26.0 Å². The van der Waals surface area contributed by atoms with Crippen LogP contribution in [-0.2, 0) is 0 Å². The molecule has 7 aromatic rings. The van der Waals surface area contributed by atoms with Crippen molar-refractivity contribution in [3.8, 4) is 11.1 Å². The molecule has 0 radical (unpaired) electrons. The third kappa shape index (κ3) is 2.50. The molecule has 0 unspecified atom stereocenters. The van der Waals surface area contributed by atoms with Crippen LogP contribution in [0.2, 0.25) is 0 Å². The monoisotopic (exact) mass is 462 g/mol. The van der Waals surface area contributed by atoms with Gasteiger partial charge in [0.2, 0.25) is 0 Å². The van der Waals surface area contributed by atoms with Gasteiger partial charge in [-0.15, -0.1) is 0 Å². The van der Waals surface area contributed by atoms with E-state index in [-0.39, 0.29) is 0 Å². The number of hydrogen-bond donors (Lipinski definition) is 0. The molecule has 31 heavy (non-hydrogen) atoms. The zero-order valence-corrected chi connectivity index (χ0v) is 17.9. The van der Waals surface area contributed by atoms with Gasteiger partial charge in [-0.05, 0) is 70.4 Å². The normalized spacial score (nSPS) is 12.0. The van der Waals surface area contributed by atoms with Crippen LogP contribution in [0.5, 0.6) is 0 Å². The van der Waals surface area contributed by atoms with Crippen molar-refractivity contribution in [2.24, 2.45) is 0 Å². The Bertz CT molecular complexity index is 1800. The van der Waals surface area contributed by atoms with Crippen molar-refractivity contribution in [1.82, 2.24) is 0 Å². The van der Waals surface area contributed by atoms with Crippen LogP contribution in [0.25, 0.3) is 65.8 Å². The summed E-state index contributed by atoms with van der Waals surface area (Å²) in [4.78, 5) is 0. The molecular formula is C28H15BrO2. The molecule has 0 aliphatic rings. The summed E-state index contributed by atoms with van der Waals surface area (Å²) in [5.41, 5.74) is 5.91. The second kappa shape index (κ2) is 6.22. The number of fused-ring (bicyclic) bond motifs is 8. The van der Waals surface area contributed by atoms with E-state index in [4.69, 9.17) is 8.83 Å². The van der Waals surface area contributed by atoms with Gasteiger partial charge in [0.25, 0.3) is 0 Å². The minimum Gasteiger partial charge on any atom is -0.456 e. The SMILES string of the molecule is Brc1ccc2ccc(-c3ccc4oc5ccc6oc7ccccc7c6c5c4c3)cc2c1. The second-order valence-corrected chi connectivity index (χ2v) is 8.84. The summed E-state index contributed by atoms with van der Waals surface area (Å²) in [6.45, 7) is 0. The average Bonchev–Trinajstić information content (AvgIpc) is 3.35. The molecule has 2 nitrogen and oxygen atoms in total. The summed E-state index contributed by atoms with van der Waals surface area (Å²) in [5, 5.41) is 6.90. The number of rotatable bonds is 1. The second-order valence-electron chi connectivity index (χ2n) is 7.93. The molecule has 0 N–H and O–H groups in total. The topological polar surface area (TPSA) is 26.3 Å². The Labute approximate surface area is 185 Å². The first-order valence-electron chi connectivity index (χ1n) is 10.2. The van der Waals surface area contributed by atoms with E-state index >= 15 is 0 Å². The quantitative estimate of drug-likeness (QED) is 0.243. The molecule has 146 valence electrons. The van der Waals surface area contributed by atoms with Gasteiger partial charge < -0.3 is 8.83 Å². The van der Waals surface area contributed by atoms with Crippen molar-refractivity contribution in [3.05, 3.63) is 95.5 Å². The smallest absolute Gasteiger partial charge is 0.136 e. The molecule has 0 spiro atoms. The van der Waals surface area contributed by atoms with Gasteiger partial charge in [0.1, 0.15) is 22.3 Å². The Morgan fingerprint density at radius 3 is 2.00 bits per heavy atom. The van der Waals surface area contributed by atoms with Crippen LogP contribution in [0.15, 0.2) is 104 Å². The van der Waals surface area contributed by atoms with E-state index in [1.165, 1.54) is 21.9 Å². The number of hydrogen-bond acceptors (Lipinski definition) is 2. The Morgan fingerprint density at radius 1 is 0.484 bits per heavy atom. The van der Waals surface area contributed by atoms with Gasteiger partial charge in [0.05, 0.1) is 0 Å². The third-order valence-corrected chi connectivity index (χ3v) is 6.60. The van der Waals surface area contributed by atoms with E-state index in [0.717, 1.165) is 48.3 Å². The van der Waals surface area contributed by atoms with Crippen molar-refractivity contribution in [1.29, 1.82) is 0 Å². The standard InChI is InChI=1S/C28H15BrO2/c29-20-9-7-16-5-6-17(13-19(16)14-20)18-8-10-24-22(15-18)28-26(31-24)12-11-25-27(28)21-3-1-2-4-23(21)30-25/h1-15H. The molecule has 2 aromatic heterocycles. The molecule has 0 atom stereocenters. The van der Waals surface area contributed by atoms with Crippen molar-refractivity contribution in [3.63, 3.8) is 0 Å². The molecule has 0 bridgehead atoms. The van der Waals surface area contributed by atoms with Gasteiger partial charge in [0.15, 0.2) is 0 Å². The highest BCUT2D eigenvalue weighted by molar-refractivity contribution is 9.10. The lowest BCUT2D eigenvalue weighted by Gasteiger charge is -2.05. The Balaban J connectivity index is 1.55. The minimum absolute atomic E-state index is 0.883. The predicted octanol–water partition coefficient (Wildman–Crippen LogP) is 9.07. The summed E-state index contributed by atoms with van der Waals surface area (Å²) < 4.78 is 13.4. The molecule has 3 heteroatoms. The van der Waals surface area contributed by atoms with E-state index in [1.807, 2.05) is 24.3 Å². The third-order valence-electron chi connectivity index (χ3n) is 6.11. The fourth-order valence-electron chi connectivity index (χ4n) is 4.66. The lowest BCUT2D eigenvalue weighted by molar-refractivity contribution is 0.663. The van der Waals surface area contributed by atoms with Crippen LogP contribution in [0.3, 0.4) is 0 Å². The molecule has 0 saturated carbocycles. The Morgan fingerprint density at radius 2 is 1.13 bits per heavy atom. The lowest BCUT2D eigenvalue weighted by atomic mass is 9.98. The Hall–Kier alpha value is -3.56. The Kier molecular flexibility index (Phi) is 3.44. The number of furan rings is 2. The summed E-state index contributed by atoms with van der Waals surface area (Å²) in [6, 6.07) is 31.6. The largest absolute Gasteiger partial charge is 0.456 e. The van der Waals surface area contributed by atoms with Gasteiger partial charge in [-0.1, -0.05) is 58.4 Å². The highest BCUT2D eigenvalue weighted by atomic mass is 79.9. The first-order chi connectivity index (χ1) is 15.2. The molecule has 0 aliphatic carbocycles. The maximum atomic E-state index is 6.21. The summed E-state index contributed by atoms with van der Waals surface area (Å²) in [6.07, 6.45) is 0. The van der Waals surface area contributed by atoms with E-state index in [9.17, 15) is 0 Å². The predicted molar refractivity (Wildman–Crippen MR) is 132 cm³/mol. The summed E-state index contributed by atoms with van der Waals surface area (Å²) in [5.74, 6) is 0. The van der Waals surface area contributed by atoms with Crippen molar-refractivity contribution >= 4 is 70.6 Å². The van der Waals surface area contributed by atoms with Crippen LogP contribution < -0.4 is 0 Å². The molecule has 0 fully saturated rings. The zero-order valence-electron chi connectivity index (χ0n) is 16.4. The zero-order chi connectivity index (χ0) is 20.5. The van der Waals surface area contributed by atoms with E-state index in [2.05, 4.69) is 82.7 Å². The number of benzene rings is 5. The van der Waals surface area contributed by atoms with Crippen LogP contribution in [0.1, 0.15) is 0 Å². The summed E-state index contributed by atoms with van der Waals surface area (Å²) >= 11 is 3.59. The minimum atomic E-state index is 0.883. The van der Waals surface area contributed by atoms with E-state index in [0.29, 0.717) is 0 Å². The van der Waals surface area contributed by atoms with Crippen molar-refractivity contribution in [2.75, 3.05) is 0 Å². The molecule has 0 amide bonds. The first-order valence-corrected chi connectivity index (χ1v) is 11.0. The highest BCUT2D eigenvalue weighted by Crippen LogP contribution is 2.41. The van der Waals surface area contributed by atoms with Gasteiger partial charge >= 0.3 is 0 Å². The van der Waals surface area contributed by atoms with Crippen molar-refractivity contribution in [2.45, 2.75) is 0 Å². The van der Waals surface area contributed by atoms with Gasteiger partial charge in [-0.3, -0.25) is 0 Å². The fraction of sp³-hybridized carbons (Fsp3) is 0. The molecule has 0 aliphatic heterocycles. The first kappa shape index (κ1) is 17.2. The van der Waals surface area contributed by atoms with Crippen LogP contribution in [0.4, 0.5) is 0 Å². The molecular weight excluding hydrogens is 448 g/mol. The fourth-order valence-corrected chi connectivity index (χ4v) is 5.04. The van der Waals surface area contributed by atoms with Gasteiger partial charge in [-0.2, -0.15) is 0 Å². The van der Waals surface area contributed by atoms with Crippen LogP contribution in [-0.4, -0.2) is 0 Å².